The number of hydrogen-bond acceptors (Lipinski definition) is 6. The van der Waals surface area contributed by atoms with Gasteiger partial charge in [-0.25, -0.2) is 5.43 Å². The molecule has 9 nitrogen and oxygen atoms in total. The van der Waals surface area contributed by atoms with E-state index in [1.165, 1.54) is 18.4 Å². The maximum atomic E-state index is 12.5. The van der Waals surface area contributed by atoms with Gasteiger partial charge >= 0.3 is 0 Å². The molecule has 1 aromatic heterocycles. The first-order valence-corrected chi connectivity index (χ1v) is 9.50. The van der Waals surface area contributed by atoms with E-state index in [0.717, 1.165) is 54.9 Å². The van der Waals surface area contributed by atoms with Crippen LogP contribution in [0.3, 0.4) is 0 Å². The van der Waals surface area contributed by atoms with E-state index in [-0.39, 0.29) is 22.7 Å². The van der Waals surface area contributed by atoms with Gasteiger partial charge in [0.2, 0.25) is 0 Å². The van der Waals surface area contributed by atoms with Crippen molar-refractivity contribution >= 4 is 28.7 Å². The van der Waals surface area contributed by atoms with E-state index >= 15 is 0 Å². The predicted octanol–water partition coefficient (Wildman–Crippen LogP) is 3.43. The van der Waals surface area contributed by atoms with Gasteiger partial charge in [-0.1, -0.05) is 0 Å². The molecule has 0 spiro atoms. The molecule has 154 valence electrons. The maximum absolute atomic E-state index is 12.5. The van der Waals surface area contributed by atoms with Crippen LogP contribution in [0.5, 0.6) is 11.5 Å². The Balaban J connectivity index is 1.56. The first-order valence-electron chi connectivity index (χ1n) is 9.50. The Morgan fingerprint density at radius 2 is 2.10 bits per heavy atom. The SMILES string of the molecule is COc1cc([N+](=O)[O-])c(/C=N\NC(=O)c2ccc3[nH]c4c(c3c2)CCCC4)cc1O. The van der Waals surface area contributed by atoms with Crippen LogP contribution in [0.25, 0.3) is 10.9 Å². The predicted molar refractivity (Wildman–Crippen MR) is 111 cm³/mol. The number of amides is 1. The van der Waals surface area contributed by atoms with Gasteiger partial charge in [0.05, 0.1) is 29.9 Å². The summed E-state index contributed by atoms with van der Waals surface area (Å²) in [5.41, 5.74) is 6.06. The number of aromatic amines is 1. The molecule has 0 fully saturated rings. The Hall–Kier alpha value is -3.88. The molecule has 0 saturated heterocycles. The summed E-state index contributed by atoms with van der Waals surface area (Å²) >= 11 is 0. The van der Waals surface area contributed by atoms with E-state index in [4.69, 9.17) is 4.74 Å². The number of nitro benzene ring substituents is 1. The van der Waals surface area contributed by atoms with Crippen LogP contribution in [0.1, 0.15) is 40.0 Å². The lowest BCUT2D eigenvalue weighted by Crippen LogP contribution is -2.17. The number of aromatic nitrogens is 1. The highest BCUT2D eigenvalue weighted by Crippen LogP contribution is 2.33. The van der Waals surface area contributed by atoms with Crippen LogP contribution in [0.4, 0.5) is 5.69 Å². The minimum Gasteiger partial charge on any atom is -0.504 e. The number of aromatic hydroxyl groups is 1. The minimum atomic E-state index is -0.617. The van der Waals surface area contributed by atoms with Crippen molar-refractivity contribution in [2.24, 2.45) is 5.10 Å². The van der Waals surface area contributed by atoms with Gasteiger partial charge in [-0.05, 0) is 55.5 Å². The fraction of sp³-hybridized carbons (Fsp3) is 0.238. The average molecular weight is 408 g/mol. The second-order valence-electron chi connectivity index (χ2n) is 7.09. The smallest absolute Gasteiger partial charge is 0.282 e. The first kappa shape index (κ1) is 19.4. The van der Waals surface area contributed by atoms with Crippen molar-refractivity contribution in [3.05, 3.63) is 62.8 Å². The largest absolute Gasteiger partial charge is 0.504 e. The molecule has 0 saturated carbocycles. The number of carbonyl (C=O) groups is 1. The van der Waals surface area contributed by atoms with Crippen LogP contribution >= 0.6 is 0 Å². The number of fused-ring (bicyclic) bond motifs is 3. The summed E-state index contributed by atoms with van der Waals surface area (Å²) in [5.74, 6) is -0.719. The van der Waals surface area contributed by atoms with Crippen LogP contribution in [0, 0.1) is 10.1 Å². The second kappa shape index (κ2) is 7.86. The van der Waals surface area contributed by atoms with Crippen LogP contribution in [-0.4, -0.2) is 34.2 Å². The molecule has 9 heteroatoms. The van der Waals surface area contributed by atoms with Gasteiger partial charge in [-0.15, -0.1) is 0 Å². The number of phenols is 1. The van der Waals surface area contributed by atoms with E-state index in [9.17, 15) is 20.0 Å². The van der Waals surface area contributed by atoms with Crippen molar-refractivity contribution < 1.29 is 19.6 Å². The molecule has 1 heterocycles. The molecule has 0 radical (unpaired) electrons. The van der Waals surface area contributed by atoms with Crippen LogP contribution in [-0.2, 0) is 12.8 Å². The Morgan fingerprint density at radius 1 is 1.30 bits per heavy atom. The summed E-state index contributed by atoms with van der Waals surface area (Å²) in [6.45, 7) is 0. The Morgan fingerprint density at radius 3 is 2.87 bits per heavy atom. The molecule has 4 rings (SSSR count). The molecular weight excluding hydrogens is 388 g/mol. The molecule has 0 aliphatic heterocycles. The van der Waals surface area contributed by atoms with E-state index in [2.05, 4.69) is 15.5 Å². The highest BCUT2D eigenvalue weighted by Gasteiger charge is 2.18. The minimum absolute atomic E-state index is 0.0222. The Kier molecular flexibility index (Phi) is 5.09. The number of methoxy groups -OCH3 is 1. The van der Waals surface area contributed by atoms with Gasteiger partial charge in [-0.2, -0.15) is 5.10 Å². The number of nitrogens with one attached hydrogen (secondary N) is 2. The van der Waals surface area contributed by atoms with Crippen molar-refractivity contribution in [3.63, 3.8) is 0 Å². The van der Waals surface area contributed by atoms with E-state index < -0.39 is 10.8 Å². The number of H-pyrrole nitrogens is 1. The molecule has 30 heavy (non-hydrogen) atoms. The summed E-state index contributed by atoms with van der Waals surface area (Å²) in [7, 11) is 1.30. The fourth-order valence-corrected chi connectivity index (χ4v) is 3.77. The Bertz CT molecular complexity index is 1180. The lowest BCUT2D eigenvalue weighted by atomic mass is 9.95. The quantitative estimate of drug-likeness (QED) is 0.338. The molecule has 1 amide bonds. The zero-order chi connectivity index (χ0) is 21.3. The van der Waals surface area contributed by atoms with Gasteiger partial charge in [0.1, 0.15) is 0 Å². The molecule has 3 aromatic rings. The van der Waals surface area contributed by atoms with Gasteiger partial charge in [0.25, 0.3) is 11.6 Å². The number of phenolic OH excluding ortho intramolecular Hbond substituents is 1. The number of nitrogens with zero attached hydrogens (tertiary/aromatic N) is 2. The molecule has 1 aliphatic carbocycles. The van der Waals surface area contributed by atoms with Crippen LogP contribution in [0.15, 0.2) is 35.4 Å². The second-order valence-corrected chi connectivity index (χ2v) is 7.09. The van der Waals surface area contributed by atoms with Crippen molar-refractivity contribution in [1.82, 2.24) is 10.4 Å². The summed E-state index contributed by atoms with van der Waals surface area (Å²) in [5, 5.41) is 26.0. The van der Waals surface area contributed by atoms with E-state index in [1.807, 2.05) is 12.1 Å². The lowest BCUT2D eigenvalue weighted by Gasteiger charge is -2.10. The highest BCUT2D eigenvalue weighted by atomic mass is 16.6. The highest BCUT2D eigenvalue weighted by molar-refractivity contribution is 5.99. The summed E-state index contributed by atoms with van der Waals surface area (Å²) in [6.07, 6.45) is 5.42. The molecule has 0 unspecified atom stereocenters. The monoisotopic (exact) mass is 408 g/mol. The van der Waals surface area contributed by atoms with E-state index in [1.54, 1.807) is 6.07 Å². The van der Waals surface area contributed by atoms with Gasteiger partial charge in [0.15, 0.2) is 11.5 Å². The number of nitro groups is 1. The van der Waals surface area contributed by atoms with Crippen molar-refractivity contribution in [3.8, 4) is 11.5 Å². The average Bonchev–Trinajstić information content (AvgIpc) is 3.11. The van der Waals surface area contributed by atoms with Crippen LogP contribution in [0.2, 0.25) is 0 Å². The molecule has 0 atom stereocenters. The standard InChI is InChI=1S/C21H20N4O5/c1-30-20-10-18(25(28)29)13(9-19(20)26)11-22-24-21(27)12-6-7-17-15(8-12)14-4-2-3-5-16(14)23-17/h6-11,23,26H,2-5H2,1H3,(H,24,27)/b22-11-. The maximum Gasteiger partial charge on any atom is 0.282 e. The summed E-state index contributed by atoms with van der Waals surface area (Å²) in [4.78, 5) is 26.6. The third-order valence-electron chi connectivity index (χ3n) is 5.25. The number of hydrazone groups is 1. The normalized spacial score (nSPS) is 13.4. The van der Waals surface area contributed by atoms with Crippen molar-refractivity contribution in [2.45, 2.75) is 25.7 Å². The number of benzene rings is 2. The van der Waals surface area contributed by atoms with Crippen LogP contribution < -0.4 is 10.2 Å². The zero-order valence-corrected chi connectivity index (χ0v) is 16.3. The molecule has 3 N–H and O–H groups in total. The summed E-state index contributed by atoms with van der Waals surface area (Å²) in [6, 6.07) is 7.67. The number of carbonyl (C=O) groups excluding carboxylic acids is 1. The molecule has 1 aliphatic rings. The topological polar surface area (TPSA) is 130 Å². The van der Waals surface area contributed by atoms with Gasteiger partial charge < -0.3 is 14.8 Å². The third-order valence-corrected chi connectivity index (χ3v) is 5.25. The number of hydrogen-bond donors (Lipinski definition) is 3. The first-order chi connectivity index (χ1) is 14.5. The molecule has 0 bridgehead atoms. The zero-order valence-electron chi connectivity index (χ0n) is 16.3. The van der Waals surface area contributed by atoms with E-state index in [0.29, 0.717) is 5.56 Å². The lowest BCUT2D eigenvalue weighted by molar-refractivity contribution is -0.385. The van der Waals surface area contributed by atoms with Gasteiger partial charge in [-0.3, -0.25) is 14.9 Å². The fourth-order valence-electron chi connectivity index (χ4n) is 3.77. The summed E-state index contributed by atoms with van der Waals surface area (Å²) < 4.78 is 4.89. The Labute approximate surface area is 171 Å². The number of ether oxygens (including phenoxy) is 1. The number of aryl methyl sites for hydroxylation is 2. The van der Waals surface area contributed by atoms with Crippen molar-refractivity contribution in [2.75, 3.05) is 7.11 Å². The molecule has 2 aromatic carbocycles. The molecular formula is C21H20N4O5. The number of rotatable bonds is 5. The third kappa shape index (κ3) is 3.57. The van der Waals surface area contributed by atoms with Gasteiger partial charge in [0, 0.05) is 22.2 Å². The van der Waals surface area contributed by atoms with Crippen molar-refractivity contribution in [1.29, 1.82) is 0 Å².